The van der Waals surface area contributed by atoms with Crippen molar-refractivity contribution in [1.29, 1.82) is 0 Å². The number of benzene rings is 1. The van der Waals surface area contributed by atoms with Crippen molar-refractivity contribution >= 4 is 44.8 Å². The Morgan fingerprint density at radius 1 is 1.31 bits per heavy atom. The van der Waals surface area contributed by atoms with E-state index in [1.165, 1.54) is 5.69 Å². The number of amides is 1. The van der Waals surface area contributed by atoms with Gasteiger partial charge in [-0.1, -0.05) is 0 Å². The van der Waals surface area contributed by atoms with Crippen LogP contribution in [0.5, 0.6) is 0 Å². The highest BCUT2D eigenvalue weighted by Gasteiger charge is 2.43. The number of fused-ring (bicyclic) bond motifs is 1. The summed E-state index contributed by atoms with van der Waals surface area (Å²) in [6.07, 6.45) is 3.23. The van der Waals surface area contributed by atoms with Gasteiger partial charge in [-0.2, -0.15) is 0 Å². The molecule has 0 spiro atoms. The predicted octanol–water partition coefficient (Wildman–Crippen LogP) is 4.69. The van der Waals surface area contributed by atoms with Gasteiger partial charge in [0.25, 0.3) is 0 Å². The molecule has 1 aromatic heterocycles. The van der Waals surface area contributed by atoms with Crippen molar-refractivity contribution in [2.24, 2.45) is 0 Å². The van der Waals surface area contributed by atoms with Gasteiger partial charge in [0.05, 0.1) is 15.8 Å². The average molecular weight is 436 g/mol. The number of halogens is 1. The van der Waals surface area contributed by atoms with Gasteiger partial charge in [0.1, 0.15) is 5.82 Å². The number of rotatable bonds is 6. The highest BCUT2D eigenvalue weighted by Crippen LogP contribution is 2.40. The zero-order chi connectivity index (χ0) is 20.6. The second kappa shape index (κ2) is 8.44. The minimum absolute atomic E-state index is 0.171. The lowest BCUT2D eigenvalue weighted by molar-refractivity contribution is -0.131. The Hall–Kier alpha value is -1.31. The van der Waals surface area contributed by atoms with Crippen LogP contribution in [0.15, 0.2) is 23.6 Å². The Morgan fingerprint density at radius 3 is 2.90 bits per heavy atom. The first-order valence-corrected chi connectivity index (χ1v) is 12.3. The van der Waals surface area contributed by atoms with E-state index in [1.807, 2.05) is 24.8 Å². The number of carbonyl (C=O) groups excluding carboxylic acids is 1. The smallest absolute Gasteiger partial charge is 0.239 e. The molecule has 2 aromatic rings. The summed E-state index contributed by atoms with van der Waals surface area (Å²) < 4.78 is 14.3. The van der Waals surface area contributed by atoms with Crippen molar-refractivity contribution in [2.45, 2.75) is 56.2 Å². The lowest BCUT2D eigenvalue weighted by atomic mass is 10.0. The molecule has 158 valence electrons. The van der Waals surface area contributed by atoms with Crippen LogP contribution in [0.4, 0.5) is 10.1 Å². The van der Waals surface area contributed by atoms with Crippen molar-refractivity contribution < 1.29 is 9.18 Å². The molecule has 0 aliphatic carbocycles. The Labute approximate surface area is 180 Å². The Balaban J connectivity index is 1.37. The number of piperazine rings is 1. The number of nitrogens with one attached hydrogen (secondary N) is 1. The molecule has 0 radical (unpaired) electrons. The summed E-state index contributed by atoms with van der Waals surface area (Å²) in [7, 11) is 0. The maximum atomic E-state index is 13.6. The van der Waals surface area contributed by atoms with Gasteiger partial charge in [0.15, 0.2) is 0 Å². The minimum Gasteiger partial charge on any atom is -0.365 e. The number of anilines is 1. The van der Waals surface area contributed by atoms with Crippen LogP contribution in [0.25, 0.3) is 10.1 Å². The first-order valence-electron chi connectivity index (χ1n) is 10.5. The third-order valence-electron chi connectivity index (χ3n) is 6.04. The molecular weight excluding hydrogens is 405 g/mol. The van der Waals surface area contributed by atoms with Crippen LogP contribution in [-0.2, 0) is 4.79 Å². The number of hydrogen-bond donors (Lipinski definition) is 1. The van der Waals surface area contributed by atoms with Crippen molar-refractivity contribution in [2.75, 3.05) is 31.1 Å². The zero-order valence-corrected chi connectivity index (χ0v) is 19.0. The fourth-order valence-electron chi connectivity index (χ4n) is 4.54. The summed E-state index contributed by atoms with van der Waals surface area (Å²) >= 11 is 3.38. The van der Waals surface area contributed by atoms with Crippen LogP contribution in [0.1, 0.15) is 40.0 Å². The second-order valence-corrected chi connectivity index (χ2v) is 11.4. The molecule has 2 aliphatic rings. The van der Waals surface area contributed by atoms with Gasteiger partial charge in [-0.25, -0.2) is 4.39 Å². The third kappa shape index (κ3) is 4.28. The van der Waals surface area contributed by atoms with Gasteiger partial charge in [0, 0.05) is 47.7 Å². The van der Waals surface area contributed by atoms with Gasteiger partial charge in [-0.15, -0.1) is 23.1 Å². The summed E-state index contributed by atoms with van der Waals surface area (Å²) in [6.45, 7) is 9.95. The van der Waals surface area contributed by atoms with Crippen molar-refractivity contribution in [3.8, 4) is 0 Å². The van der Waals surface area contributed by atoms with E-state index in [9.17, 15) is 9.18 Å². The van der Waals surface area contributed by atoms with Gasteiger partial charge in [-0.05, 0) is 58.2 Å². The van der Waals surface area contributed by atoms with E-state index in [0.29, 0.717) is 6.04 Å². The molecule has 29 heavy (non-hydrogen) atoms. The van der Waals surface area contributed by atoms with E-state index >= 15 is 0 Å². The largest absolute Gasteiger partial charge is 0.365 e. The van der Waals surface area contributed by atoms with Crippen LogP contribution < -0.4 is 10.2 Å². The number of nitrogens with zero attached hydrogens (tertiary/aromatic N) is 2. The molecule has 1 aromatic carbocycles. The quantitative estimate of drug-likeness (QED) is 0.668. The summed E-state index contributed by atoms with van der Waals surface area (Å²) in [5, 5.41) is 7.12. The van der Waals surface area contributed by atoms with E-state index in [2.05, 4.69) is 22.5 Å². The molecule has 1 amide bonds. The zero-order valence-electron chi connectivity index (χ0n) is 17.4. The molecule has 0 saturated carbocycles. The average Bonchev–Trinajstić information content (AvgIpc) is 3.17. The summed E-state index contributed by atoms with van der Waals surface area (Å²) in [5.74, 6) is 0.0997. The third-order valence-corrected chi connectivity index (χ3v) is 8.34. The summed E-state index contributed by atoms with van der Waals surface area (Å²) in [5.41, 5.74) is 1.23. The van der Waals surface area contributed by atoms with Gasteiger partial charge in [0.2, 0.25) is 5.91 Å². The van der Waals surface area contributed by atoms with E-state index in [0.717, 1.165) is 55.5 Å². The minimum atomic E-state index is -0.289. The first kappa shape index (κ1) is 20.9. The van der Waals surface area contributed by atoms with Gasteiger partial charge >= 0.3 is 0 Å². The predicted molar refractivity (Wildman–Crippen MR) is 122 cm³/mol. The van der Waals surface area contributed by atoms with Crippen LogP contribution in [-0.4, -0.2) is 53.1 Å². The maximum Gasteiger partial charge on any atom is 0.239 e. The number of thioether (sulfide) groups is 1. The van der Waals surface area contributed by atoms with E-state index in [1.54, 1.807) is 35.2 Å². The maximum absolute atomic E-state index is 13.6. The monoisotopic (exact) mass is 435 g/mol. The molecule has 2 aliphatic heterocycles. The normalized spacial score (nSPS) is 24.6. The number of unbranched alkanes of at least 4 members (excludes halogenated alkanes) is 1. The van der Waals surface area contributed by atoms with E-state index in [4.69, 9.17) is 0 Å². The standard InChI is InChI=1S/C22H30FN3OS2/c1-15-25(21(27)22(2,3)29-15)10-5-4-6-17-13-24-9-11-26(17)19-14-28-20-12-16(23)7-8-18(19)20/h7-8,12,14-15,17,24H,4-6,9-11,13H2,1-3H3. The molecule has 7 heteroatoms. The number of carbonyl (C=O) groups is 1. The molecule has 0 bridgehead atoms. The molecular formula is C22H30FN3OS2. The SMILES string of the molecule is CC1SC(C)(C)C(=O)N1CCCCC1CNCCN1c1csc2cc(F)ccc12. The van der Waals surface area contributed by atoms with Gasteiger partial charge < -0.3 is 15.1 Å². The first-order chi connectivity index (χ1) is 13.9. The van der Waals surface area contributed by atoms with E-state index < -0.39 is 0 Å². The highest BCUT2D eigenvalue weighted by molar-refractivity contribution is 8.02. The van der Waals surface area contributed by atoms with Crippen LogP contribution in [0.2, 0.25) is 0 Å². The molecule has 2 atom stereocenters. The Bertz CT molecular complexity index is 884. The number of hydrogen-bond acceptors (Lipinski definition) is 5. The molecule has 4 nitrogen and oxygen atoms in total. The molecule has 1 N–H and O–H groups in total. The fraction of sp³-hybridized carbons (Fsp3) is 0.591. The molecule has 2 fully saturated rings. The Morgan fingerprint density at radius 2 is 2.14 bits per heavy atom. The van der Waals surface area contributed by atoms with Crippen LogP contribution in [0, 0.1) is 5.82 Å². The van der Waals surface area contributed by atoms with Crippen molar-refractivity contribution in [1.82, 2.24) is 10.2 Å². The van der Waals surface area contributed by atoms with E-state index in [-0.39, 0.29) is 21.8 Å². The topological polar surface area (TPSA) is 35.6 Å². The van der Waals surface area contributed by atoms with Crippen molar-refractivity contribution in [3.05, 3.63) is 29.4 Å². The second-order valence-electron chi connectivity index (χ2n) is 8.53. The fourth-order valence-corrected chi connectivity index (χ4v) is 6.92. The van der Waals surface area contributed by atoms with Crippen LogP contribution >= 0.6 is 23.1 Å². The van der Waals surface area contributed by atoms with Crippen molar-refractivity contribution in [3.63, 3.8) is 0 Å². The summed E-state index contributed by atoms with van der Waals surface area (Å²) in [6, 6.07) is 5.54. The van der Waals surface area contributed by atoms with Gasteiger partial charge in [-0.3, -0.25) is 4.79 Å². The molecule has 2 saturated heterocycles. The molecule has 4 rings (SSSR count). The number of thiophene rings is 1. The molecule has 3 heterocycles. The lowest BCUT2D eigenvalue weighted by Gasteiger charge is -2.38. The lowest BCUT2D eigenvalue weighted by Crippen LogP contribution is -2.51. The van der Waals surface area contributed by atoms with Crippen LogP contribution in [0.3, 0.4) is 0 Å². The molecule has 2 unspecified atom stereocenters. The summed E-state index contributed by atoms with van der Waals surface area (Å²) in [4.78, 5) is 17.1. The highest BCUT2D eigenvalue weighted by atomic mass is 32.2. The Kier molecular flexibility index (Phi) is 6.09.